The quantitative estimate of drug-likeness (QED) is 0.854. The number of carbonyl (C=O) groups excluding carboxylic acids is 1. The molecule has 0 aliphatic carbocycles. The molecular weight excluding hydrogens is 307 g/mol. The molecule has 0 saturated heterocycles. The highest BCUT2D eigenvalue weighted by molar-refractivity contribution is 6.40. The van der Waals surface area contributed by atoms with Gasteiger partial charge in [-0.25, -0.2) is 0 Å². The van der Waals surface area contributed by atoms with Gasteiger partial charge in [-0.15, -0.1) is 0 Å². The predicted octanol–water partition coefficient (Wildman–Crippen LogP) is 4.52. The van der Waals surface area contributed by atoms with E-state index in [1.807, 2.05) is 25.1 Å². The van der Waals surface area contributed by atoms with Crippen LogP contribution in [0.5, 0.6) is 0 Å². The van der Waals surface area contributed by atoms with Crippen LogP contribution in [0.3, 0.4) is 0 Å². The Morgan fingerprint density at radius 1 is 1.24 bits per heavy atom. The van der Waals surface area contributed by atoms with Crippen LogP contribution in [0.2, 0.25) is 10.0 Å². The Morgan fingerprint density at radius 3 is 2.86 bits per heavy atom. The summed E-state index contributed by atoms with van der Waals surface area (Å²) in [6.07, 6.45) is 0.933. The van der Waals surface area contributed by atoms with E-state index in [1.54, 1.807) is 12.1 Å². The average molecular weight is 321 g/mol. The fraction of sp³-hybridized carbons (Fsp3) is 0.188. The van der Waals surface area contributed by atoms with Crippen LogP contribution in [0.4, 0.5) is 11.4 Å². The standard InChI is InChI=1S/C16H14Cl2N2O/c1-9-2-4-12(17)15(14(9)18)20-16(21)11-3-5-13-10(8-11)6-7-19-13/h2-5,8,19H,6-7H2,1H3,(H,20,21). The number of rotatable bonds is 2. The monoisotopic (exact) mass is 320 g/mol. The van der Waals surface area contributed by atoms with Gasteiger partial charge in [0.05, 0.1) is 15.7 Å². The lowest BCUT2D eigenvalue weighted by atomic mass is 10.1. The van der Waals surface area contributed by atoms with Gasteiger partial charge >= 0.3 is 0 Å². The first-order chi connectivity index (χ1) is 10.1. The summed E-state index contributed by atoms with van der Waals surface area (Å²) in [6, 6.07) is 9.18. The second kappa shape index (κ2) is 5.58. The molecule has 2 aromatic rings. The van der Waals surface area contributed by atoms with Gasteiger partial charge in [-0.2, -0.15) is 0 Å². The third kappa shape index (κ3) is 2.71. The van der Waals surface area contributed by atoms with E-state index in [0.717, 1.165) is 29.8 Å². The van der Waals surface area contributed by atoms with E-state index < -0.39 is 0 Å². The maximum Gasteiger partial charge on any atom is 0.255 e. The van der Waals surface area contributed by atoms with Gasteiger partial charge in [0.15, 0.2) is 0 Å². The van der Waals surface area contributed by atoms with Gasteiger partial charge in [0.25, 0.3) is 5.91 Å². The third-order valence-corrected chi connectivity index (χ3v) is 4.40. The molecule has 0 saturated carbocycles. The first kappa shape index (κ1) is 14.2. The van der Waals surface area contributed by atoms with Crippen molar-refractivity contribution in [1.82, 2.24) is 0 Å². The Bertz CT molecular complexity index is 728. The van der Waals surface area contributed by atoms with E-state index in [1.165, 1.54) is 0 Å². The first-order valence-corrected chi connectivity index (χ1v) is 7.44. The number of hydrogen-bond donors (Lipinski definition) is 2. The predicted molar refractivity (Wildman–Crippen MR) is 87.8 cm³/mol. The summed E-state index contributed by atoms with van der Waals surface area (Å²) in [7, 11) is 0. The number of hydrogen-bond acceptors (Lipinski definition) is 2. The van der Waals surface area contributed by atoms with E-state index in [0.29, 0.717) is 21.3 Å². The lowest BCUT2D eigenvalue weighted by Crippen LogP contribution is -2.13. The number of benzene rings is 2. The minimum Gasteiger partial charge on any atom is -0.384 e. The number of aryl methyl sites for hydroxylation is 1. The molecule has 1 amide bonds. The number of anilines is 2. The highest BCUT2D eigenvalue weighted by Crippen LogP contribution is 2.33. The average Bonchev–Trinajstić information content (AvgIpc) is 2.94. The molecule has 5 heteroatoms. The Balaban J connectivity index is 1.89. The van der Waals surface area contributed by atoms with Crippen LogP contribution in [0.1, 0.15) is 21.5 Å². The molecule has 0 radical (unpaired) electrons. The molecule has 0 bridgehead atoms. The highest BCUT2D eigenvalue weighted by Gasteiger charge is 2.16. The number of nitrogens with one attached hydrogen (secondary N) is 2. The lowest BCUT2D eigenvalue weighted by Gasteiger charge is -2.11. The molecule has 0 aromatic heterocycles. The second-order valence-electron chi connectivity index (χ2n) is 5.06. The summed E-state index contributed by atoms with van der Waals surface area (Å²) in [4.78, 5) is 12.4. The van der Waals surface area contributed by atoms with Crippen LogP contribution < -0.4 is 10.6 Å². The van der Waals surface area contributed by atoms with Gasteiger partial charge in [0.2, 0.25) is 0 Å². The van der Waals surface area contributed by atoms with Crippen molar-refractivity contribution in [3.63, 3.8) is 0 Å². The molecule has 21 heavy (non-hydrogen) atoms. The number of carbonyl (C=O) groups is 1. The largest absolute Gasteiger partial charge is 0.384 e. The topological polar surface area (TPSA) is 41.1 Å². The summed E-state index contributed by atoms with van der Waals surface area (Å²) < 4.78 is 0. The van der Waals surface area contributed by atoms with Crippen molar-refractivity contribution in [1.29, 1.82) is 0 Å². The highest BCUT2D eigenvalue weighted by atomic mass is 35.5. The van der Waals surface area contributed by atoms with E-state index in [-0.39, 0.29) is 5.91 Å². The fourth-order valence-corrected chi connectivity index (χ4v) is 2.87. The summed E-state index contributed by atoms with van der Waals surface area (Å²) >= 11 is 12.3. The SMILES string of the molecule is Cc1ccc(Cl)c(NC(=O)c2ccc3c(c2)CCN3)c1Cl. The second-order valence-corrected chi connectivity index (χ2v) is 5.84. The van der Waals surface area contributed by atoms with Crippen LogP contribution in [0, 0.1) is 6.92 Å². The molecule has 0 unspecified atom stereocenters. The zero-order valence-electron chi connectivity index (χ0n) is 11.5. The van der Waals surface area contributed by atoms with Crippen molar-refractivity contribution in [2.45, 2.75) is 13.3 Å². The maximum atomic E-state index is 12.4. The molecule has 2 aromatic carbocycles. The van der Waals surface area contributed by atoms with E-state index in [4.69, 9.17) is 23.2 Å². The van der Waals surface area contributed by atoms with Gasteiger partial charge < -0.3 is 10.6 Å². The van der Waals surface area contributed by atoms with Crippen LogP contribution in [-0.4, -0.2) is 12.5 Å². The molecule has 0 atom stereocenters. The van der Waals surface area contributed by atoms with Gasteiger partial charge in [-0.05, 0) is 48.7 Å². The number of fused-ring (bicyclic) bond motifs is 1. The molecule has 2 N–H and O–H groups in total. The summed E-state index contributed by atoms with van der Waals surface area (Å²) in [5.74, 6) is -0.209. The van der Waals surface area contributed by atoms with Crippen molar-refractivity contribution in [3.8, 4) is 0 Å². The normalized spacial score (nSPS) is 12.7. The van der Waals surface area contributed by atoms with E-state index in [9.17, 15) is 4.79 Å². The fourth-order valence-electron chi connectivity index (χ4n) is 2.40. The maximum absolute atomic E-state index is 12.4. The lowest BCUT2D eigenvalue weighted by molar-refractivity contribution is 0.102. The third-order valence-electron chi connectivity index (χ3n) is 3.60. The Hall–Kier alpha value is -1.71. The van der Waals surface area contributed by atoms with Crippen molar-refractivity contribution in [2.75, 3.05) is 17.2 Å². The molecule has 1 aliphatic rings. The number of halogens is 2. The van der Waals surface area contributed by atoms with Gasteiger partial charge in [-0.3, -0.25) is 4.79 Å². The van der Waals surface area contributed by atoms with Crippen molar-refractivity contribution in [3.05, 3.63) is 57.1 Å². The van der Waals surface area contributed by atoms with Gasteiger partial charge in [0.1, 0.15) is 0 Å². The van der Waals surface area contributed by atoms with Crippen LogP contribution in [0.25, 0.3) is 0 Å². The van der Waals surface area contributed by atoms with Crippen molar-refractivity contribution >= 4 is 40.5 Å². The zero-order valence-corrected chi connectivity index (χ0v) is 13.0. The Morgan fingerprint density at radius 2 is 2.05 bits per heavy atom. The van der Waals surface area contributed by atoms with Crippen LogP contribution >= 0.6 is 23.2 Å². The van der Waals surface area contributed by atoms with Crippen LogP contribution in [-0.2, 0) is 6.42 Å². The molecular formula is C16H14Cl2N2O. The minimum atomic E-state index is -0.209. The molecule has 3 nitrogen and oxygen atoms in total. The molecule has 0 fully saturated rings. The van der Waals surface area contributed by atoms with E-state index in [2.05, 4.69) is 10.6 Å². The molecule has 3 rings (SSSR count). The Kier molecular flexibility index (Phi) is 3.79. The molecule has 108 valence electrons. The summed E-state index contributed by atoms with van der Waals surface area (Å²) in [5.41, 5.74) is 4.19. The van der Waals surface area contributed by atoms with E-state index >= 15 is 0 Å². The van der Waals surface area contributed by atoms with Gasteiger partial charge in [0, 0.05) is 17.8 Å². The van der Waals surface area contributed by atoms with Crippen LogP contribution in [0.15, 0.2) is 30.3 Å². The van der Waals surface area contributed by atoms with Gasteiger partial charge in [-0.1, -0.05) is 29.3 Å². The Labute approximate surface area is 133 Å². The van der Waals surface area contributed by atoms with Crippen molar-refractivity contribution < 1.29 is 4.79 Å². The minimum absolute atomic E-state index is 0.209. The number of amides is 1. The van der Waals surface area contributed by atoms with Crippen molar-refractivity contribution in [2.24, 2.45) is 0 Å². The summed E-state index contributed by atoms with van der Waals surface area (Å²) in [5, 5.41) is 6.97. The molecule has 1 heterocycles. The molecule has 0 spiro atoms. The zero-order chi connectivity index (χ0) is 15.0. The summed E-state index contributed by atoms with van der Waals surface area (Å²) in [6.45, 7) is 2.78. The molecule has 1 aliphatic heterocycles. The first-order valence-electron chi connectivity index (χ1n) is 6.69. The smallest absolute Gasteiger partial charge is 0.255 e.